The van der Waals surface area contributed by atoms with Gasteiger partial charge in [-0.1, -0.05) is 6.07 Å². The molecule has 10 nitrogen and oxygen atoms in total. The van der Waals surface area contributed by atoms with Crippen molar-refractivity contribution in [1.82, 2.24) is 14.9 Å². The standard InChI is InChI=1S/C28H29F3N6O4/c1-27(2,3)41-26(38)36-10-8-17-4-5-19(12-18(17)14-36)34-25-21-9-11-35(15-23(21)32-16-33-25)20-6-7-24(37(39)40)22(13-20)28(29,30)31/h4-7,12-13,16H,8-11,14-15H2,1-3H3,(H,32,33,34). The number of carbonyl (C=O) groups is 1. The summed E-state index contributed by atoms with van der Waals surface area (Å²) in [6, 6.07) is 8.97. The lowest BCUT2D eigenvalue weighted by molar-refractivity contribution is -0.388. The first-order chi connectivity index (χ1) is 19.3. The Bertz CT molecular complexity index is 1510. The minimum absolute atomic E-state index is 0.219. The third-order valence-electron chi connectivity index (χ3n) is 6.99. The number of hydrogen-bond acceptors (Lipinski definition) is 8. The van der Waals surface area contributed by atoms with E-state index in [-0.39, 0.29) is 18.3 Å². The molecule has 0 atom stereocenters. The van der Waals surface area contributed by atoms with Crippen LogP contribution in [0.2, 0.25) is 0 Å². The van der Waals surface area contributed by atoms with E-state index < -0.39 is 28.0 Å². The monoisotopic (exact) mass is 570 g/mol. The second kappa shape index (κ2) is 10.5. The molecule has 216 valence electrons. The molecule has 2 aliphatic heterocycles. The van der Waals surface area contributed by atoms with Crippen LogP contribution in [0, 0.1) is 10.1 Å². The maximum Gasteiger partial charge on any atom is 0.423 e. The molecule has 0 bridgehead atoms. The zero-order valence-corrected chi connectivity index (χ0v) is 22.8. The Morgan fingerprint density at radius 1 is 1.02 bits per heavy atom. The predicted molar refractivity (Wildman–Crippen MR) is 145 cm³/mol. The molecule has 1 amide bonds. The van der Waals surface area contributed by atoms with Gasteiger partial charge in [0.2, 0.25) is 0 Å². The average Bonchev–Trinajstić information content (AvgIpc) is 2.90. The number of ether oxygens (including phenoxy) is 1. The molecule has 13 heteroatoms. The number of alkyl halides is 3. The highest BCUT2D eigenvalue weighted by Gasteiger charge is 2.39. The van der Waals surface area contributed by atoms with E-state index in [0.717, 1.165) is 34.5 Å². The van der Waals surface area contributed by atoms with E-state index in [4.69, 9.17) is 4.74 Å². The van der Waals surface area contributed by atoms with Crippen molar-refractivity contribution < 1.29 is 27.6 Å². The van der Waals surface area contributed by atoms with Crippen LogP contribution in [0.25, 0.3) is 0 Å². The van der Waals surface area contributed by atoms with Gasteiger partial charge in [-0.25, -0.2) is 14.8 Å². The van der Waals surface area contributed by atoms with Crippen LogP contribution in [0.4, 0.5) is 40.8 Å². The van der Waals surface area contributed by atoms with E-state index in [2.05, 4.69) is 15.3 Å². The third kappa shape index (κ3) is 6.18. The highest BCUT2D eigenvalue weighted by atomic mass is 19.4. The minimum Gasteiger partial charge on any atom is -0.444 e. The molecule has 0 saturated heterocycles. The molecule has 41 heavy (non-hydrogen) atoms. The molecule has 5 rings (SSSR count). The Labute approximate surface area is 234 Å². The summed E-state index contributed by atoms with van der Waals surface area (Å²) in [4.78, 5) is 34.8. The number of hydrogen-bond donors (Lipinski definition) is 1. The van der Waals surface area contributed by atoms with Crippen LogP contribution in [0.1, 0.15) is 48.7 Å². The van der Waals surface area contributed by atoms with Crippen molar-refractivity contribution in [3.8, 4) is 0 Å². The number of benzene rings is 2. The zero-order valence-electron chi connectivity index (χ0n) is 22.8. The summed E-state index contributed by atoms with van der Waals surface area (Å²) >= 11 is 0. The summed E-state index contributed by atoms with van der Waals surface area (Å²) in [7, 11) is 0. The normalized spacial score (nSPS) is 15.2. The Balaban J connectivity index is 1.34. The molecule has 1 N–H and O–H groups in total. The number of nitro groups is 1. The largest absolute Gasteiger partial charge is 0.444 e. The van der Waals surface area contributed by atoms with Crippen LogP contribution < -0.4 is 10.2 Å². The summed E-state index contributed by atoms with van der Waals surface area (Å²) in [6.07, 6.45) is -2.65. The van der Waals surface area contributed by atoms with E-state index in [1.165, 1.54) is 12.4 Å². The van der Waals surface area contributed by atoms with Gasteiger partial charge in [-0.2, -0.15) is 13.2 Å². The Hall–Kier alpha value is -4.42. The molecule has 0 spiro atoms. The Morgan fingerprint density at radius 3 is 2.51 bits per heavy atom. The molecule has 3 heterocycles. The Morgan fingerprint density at radius 2 is 1.80 bits per heavy atom. The van der Waals surface area contributed by atoms with Crippen LogP contribution in [-0.4, -0.2) is 44.6 Å². The number of aromatic nitrogens is 2. The molecule has 0 unspecified atom stereocenters. The summed E-state index contributed by atoms with van der Waals surface area (Å²) in [5.74, 6) is 0.592. The van der Waals surface area contributed by atoms with Crippen molar-refractivity contribution in [1.29, 1.82) is 0 Å². The van der Waals surface area contributed by atoms with Crippen molar-refractivity contribution in [3.63, 3.8) is 0 Å². The molecule has 3 aromatic rings. The lowest BCUT2D eigenvalue weighted by atomic mass is 9.99. The molecular formula is C28H29F3N6O4. The first-order valence-electron chi connectivity index (χ1n) is 13.1. The molecule has 0 radical (unpaired) electrons. The number of halogens is 3. The lowest BCUT2D eigenvalue weighted by Crippen LogP contribution is -2.39. The van der Waals surface area contributed by atoms with Gasteiger partial charge in [0.25, 0.3) is 5.69 Å². The van der Waals surface area contributed by atoms with Gasteiger partial charge in [-0.15, -0.1) is 0 Å². The van der Waals surface area contributed by atoms with E-state index in [9.17, 15) is 28.1 Å². The van der Waals surface area contributed by atoms with Gasteiger partial charge in [0, 0.05) is 42.6 Å². The quantitative estimate of drug-likeness (QED) is 0.300. The van der Waals surface area contributed by atoms with Gasteiger partial charge < -0.3 is 19.9 Å². The summed E-state index contributed by atoms with van der Waals surface area (Å²) in [5, 5.41) is 14.5. The fraction of sp³-hybridized carbons (Fsp3) is 0.393. The van der Waals surface area contributed by atoms with Crippen LogP contribution in [0.5, 0.6) is 0 Å². The molecule has 0 fully saturated rings. The summed E-state index contributed by atoms with van der Waals surface area (Å²) in [6.45, 7) is 7.08. The fourth-order valence-corrected chi connectivity index (χ4v) is 5.04. The van der Waals surface area contributed by atoms with Gasteiger partial charge in [-0.05, 0) is 69.0 Å². The van der Waals surface area contributed by atoms with Crippen LogP contribution in [-0.2, 0) is 36.8 Å². The van der Waals surface area contributed by atoms with Crippen LogP contribution >= 0.6 is 0 Å². The average molecular weight is 571 g/mol. The zero-order chi connectivity index (χ0) is 29.5. The van der Waals surface area contributed by atoms with E-state index in [1.54, 1.807) is 9.80 Å². The highest BCUT2D eigenvalue weighted by molar-refractivity contribution is 5.69. The number of carbonyl (C=O) groups excluding carboxylic acids is 1. The van der Waals surface area contributed by atoms with Crippen LogP contribution in [0.15, 0.2) is 42.7 Å². The smallest absolute Gasteiger partial charge is 0.423 e. The fourth-order valence-electron chi connectivity index (χ4n) is 5.04. The van der Waals surface area contributed by atoms with Gasteiger partial charge >= 0.3 is 12.3 Å². The number of nitro benzene ring substituents is 1. The third-order valence-corrected chi connectivity index (χ3v) is 6.99. The number of nitrogens with one attached hydrogen (secondary N) is 1. The molecule has 2 aromatic carbocycles. The summed E-state index contributed by atoms with van der Waals surface area (Å²) in [5.41, 5.74) is 1.80. The van der Waals surface area contributed by atoms with Crippen molar-refractivity contribution >= 4 is 29.0 Å². The second-order valence-corrected chi connectivity index (χ2v) is 11.0. The van der Waals surface area contributed by atoms with Crippen LogP contribution in [0.3, 0.4) is 0 Å². The summed E-state index contributed by atoms with van der Waals surface area (Å²) < 4.78 is 46.1. The van der Waals surface area contributed by atoms with Gasteiger partial charge in [0.1, 0.15) is 23.3 Å². The highest BCUT2D eigenvalue weighted by Crippen LogP contribution is 2.39. The van der Waals surface area contributed by atoms with E-state index in [1.807, 2.05) is 39.0 Å². The number of fused-ring (bicyclic) bond motifs is 2. The van der Waals surface area contributed by atoms with E-state index in [0.29, 0.717) is 44.0 Å². The first kappa shape index (κ1) is 28.1. The number of amides is 1. The number of anilines is 3. The molecule has 0 aliphatic carbocycles. The number of rotatable bonds is 4. The van der Waals surface area contributed by atoms with Gasteiger partial charge in [0.05, 0.1) is 17.2 Å². The first-order valence-corrected chi connectivity index (χ1v) is 13.1. The molecular weight excluding hydrogens is 541 g/mol. The second-order valence-electron chi connectivity index (χ2n) is 11.0. The Kier molecular flexibility index (Phi) is 7.22. The number of nitrogens with zero attached hydrogens (tertiary/aromatic N) is 5. The maximum absolute atomic E-state index is 13.5. The van der Waals surface area contributed by atoms with Crippen molar-refractivity contribution in [2.75, 3.05) is 23.3 Å². The maximum atomic E-state index is 13.5. The van der Waals surface area contributed by atoms with Crippen molar-refractivity contribution in [3.05, 3.63) is 80.8 Å². The van der Waals surface area contributed by atoms with Crippen molar-refractivity contribution in [2.45, 2.75) is 58.5 Å². The van der Waals surface area contributed by atoms with E-state index >= 15 is 0 Å². The van der Waals surface area contributed by atoms with Gasteiger partial charge in [0.15, 0.2) is 0 Å². The lowest BCUT2D eigenvalue weighted by Gasteiger charge is -2.32. The minimum atomic E-state index is -4.86. The topological polar surface area (TPSA) is 114 Å². The van der Waals surface area contributed by atoms with Gasteiger partial charge in [-0.3, -0.25) is 10.1 Å². The molecule has 1 aromatic heterocycles. The predicted octanol–water partition coefficient (Wildman–Crippen LogP) is 6.00. The molecule has 2 aliphatic rings. The van der Waals surface area contributed by atoms with Crippen molar-refractivity contribution in [2.24, 2.45) is 0 Å². The molecule has 0 saturated carbocycles. The SMILES string of the molecule is CC(C)(C)OC(=O)N1CCc2ccc(Nc3ncnc4c3CCN(c3ccc([N+](=O)[O-])c(C(F)(F)F)c3)C4)cc2C1.